The second-order valence-electron chi connectivity index (χ2n) is 5.72. The number of amides is 1. The average molecular weight is 281 g/mol. The van der Waals surface area contributed by atoms with Crippen LogP contribution in [0, 0.1) is 6.92 Å². The summed E-state index contributed by atoms with van der Waals surface area (Å²) in [6.07, 6.45) is 3.65. The van der Waals surface area contributed by atoms with Gasteiger partial charge in [0, 0.05) is 24.0 Å². The number of benzene rings is 1. The van der Waals surface area contributed by atoms with Gasteiger partial charge < -0.3 is 4.90 Å². The summed E-state index contributed by atoms with van der Waals surface area (Å²) in [4.78, 5) is 23.7. The van der Waals surface area contributed by atoms with Crippen molar-refractivity contribution < 1.29 is 4.79 Å². The predicted molar refractivity (Wildman–Crippen MR) is 80.8 cm³/mol. The van der Waals surface area contributed by atoms with Crippen molar-refractivity contribution in [2.75, 3.05) is 6.54 Å². The summed E-state index contributed by atoms with van der Waals surface area (Å²) in [5, 5.41) is 0. The van der Waals surface area contributed by atoms with Crippen molar-refractivity contribution in [3.05, 3.63) is 59.7 Å². The quantitative estimate of drug-likeness (QED) is 0.850. The molecule has 0 unspecified atom stereocenters. The third-order valence-electron chi connectivity index (χ3n) is 4.18. The first-order valence-electron chi connectivity index (χ1n) is 7.28. The molecular weight excluding hydrogens is 262 g/mol. The molecule has 1 amide bonds. The van der Waals surface area contributed by atoms with E-state index in [1.165, 1.54) is 0 Å². The number of likely N-dealkylation sites (tertiary alicyclic amines) is 1. The maximum atomic E-state index is 12.8. The highest BCUT2D eigenvalue weighted by atomic mass is 16.2. The van der Waals surface area contributed by atoms with Gasteiger partial charge in [-0.15, -0.1) is 0 Å². The van der Waals surface area contributed by atoms with Gasteiger partial charge in [-0.3, -0.25) is 4.79 Å². The van der Waals surface area contributed by atoms with Gasteiger partial charge in [-0.2, -0.15) is 0 Å². The summed E-state index contributed by atoms with van der Waals surface area (Å²) in [6.45, 7) is 4.77. The number of nitrogens with zero attached hydrogens (tertiary/aromatic N) is 3. The van der Waals surface area contributed by atoms with Crippen LogP contribution in [0.5, 0.6) is 0 Å². The van der Waals surface area contributed by atoms with Crippen molar-refractivity contribution in [2.45, 2.75) is 32.2 Å². The van der Waals surface area contributed by atoms with Crippen molar-refractivity contribution in [1.82, 2.24) is 14.9 Å². The second-order valence-corrected chi connectivity index (χ2v) is 5.72. The SMILES string of the molecule is Cc1ccnc([C@@]2(C)CCCN2C(=O)c2ccccc2)n1. The molecule has 0 radical (unpaired) electrons. The first-order chi connectivity index (χ1) is 10.1. The highest BCUT2D eigenvalue weighted by Crippen LogP contribution is 2.37. The van der Waals surface area contributed by atoms with E-state index in [1.54, 1.807) is 6.20 Å². The molecule has 4 nitrogen and oxygen atoms in total. The zero-order valence-corrected chi connectivity index (χ0v) is 12.4. The fourth-order valence-corrected chi connectivity index (χ4v) is 2.97. The van der Waals surface area contributed by atoms with Crippen molar-refractivity contribution in [1.29, 1.82) is 0 Å². The third-order valence-corrected chi connectivity index (χ3v) is 4.18. The zero-order valence-electron chi connectivity index (χ0n) is 12.4. The molecule has 108 valence electrons. The Morgan fingerprint density at radius 3 is 2.71 bits per heavy atom. The van der Waals surface area contributed by atoms with E-state index < -0.39 is 5.54 Å². The molecule has 2 aromatic rings. The van der Waals surface area contributed by atoms with Crippen LogP contribution >= 0.6 is 0 Å². The number of aromatic nitrogens is 2. The molecule has 21 heavy (non-hydrogen) atoms. The Bertz CT molecular complexity index is 656. The van der Waals surface area contributed by atoms with Crippen LogP contribution in [0.2, 0.25) is 0 Å². The maximum Gasteiger partial charge on any atom is 0.254 e. The Hall–Kier alpha value is -2.23. The van der Waals surface area contributed by atoms with E-state index in [9.17, 15) is 4.79 Å². The lowest BCUT2D eigenvalue weighted by Gasteiger charge is -2.34. The first-order valence-corrected chi connectivity index (χ1v) is 7.28. The summed E-state index contributed by atoms with van der Waals surface area (Å²) in [5.41, 5.74) is 1.23. The molecule has 0 spiro atoms. The number of hydrogen-bond acceptors (Lipinski definition) is 3. The molecule has 1 saturated heterocycles. The zero-order chi connectivity index (χ0) is 14.9. The van der Waals surface area contributed by atoms with Crippen molar-refractivity contribution in [2.24, 2.45) is 0 Å². The summed E-state index contributed by atoms with van der Waals surface area (Å²) in [6, 6.07) is 11.3. The van der Waals surface area contributed by atoms with Gasteiger partial charge in [0.15, 0.2) is 5.82 Å². The summed E-state index contributed by atoms with van der Waals surface area (Å²) in [7, 11) is 0. The fraction of sp³-hybridized carbons (Fsp3) is 0.353. The van der Waals surface area contributed by atoms with Crippen molar-refractivity contribution in [3.63, 3.8) is 0 Å². The molecule has 1 aliphatic heterocycles. The van der Waals surface area contributed by atoms with E-state index in [0.29, 0.717) is 0 Å². The summed E-state index contributed by atoms with van der Waals surface area (Å²) >= 11 is 0. The minimum absolute atomic E-state index is 0.0562. The van der Waals surface area contributed by atoms with E-state index in [4.69, 9.17) is 0 Å². The summed E-state index contributed by atoms with van der Waals surface area (Å²) < 4.78 is 0. The lowest BCUT2D eigenvalue weighted by atomic mass is 9.96. The van der Waals surface area contributed by atoms with E-state index in [-0.39, 0.29) is 5.91 Å². The number of hydrogen-bond donors (Lipinski definition) is 0. The van der Waals surface area contributed by atoms with E-state index in [0.717, 1.165) is 36.5 Å². The Morgan fingerprint density at radius 1 is 1.24 bits per heavy atom. The molecule has 1 aliphatic rings. The Morgan fingerprint density at radius 2 is 2.00 bits per heavy atom. The highest BCUT2D eigenvalue weighted by molar-refractivity contribution is 5.94. The molecule has 0 saturated carbocycles. The molecule has 4 heteroatoms. The van der Waals surface area contributed by atoms with Crippen LogP contribution in [0.15, 0.2) is 42.6 Å². The number of carbonyl (C=O) groups excluding carboxylic acids is 1. The Kier molecular flexibility index (Phi) is 3.45. The van der Waals surface area contributed by atoms with E-state index in [2.05, 4.69) is 16.9 Å². The third kappa shape index (κ3) is 2.42. The molecular formula is C17H19N3O. The minimum Gasteiger partial charge on any atom is -0.326 e. The van der Waals surface area contributed by atoms with Crippen LogP contribution in [0.3, 0.4) is 0 Å². The molecule has 1 aromatic heterocycles. The van der Waals surface area contributed by atoms with Gasteiger partial charge in [-0.25, -0.2) is 9.97 Å². The fourth-order valence-electron chi connectivity index (χ4n) is 2.97. The smallest absolute Gasteiger partial charge is 0.254 e. The predicted octanol–water partition coefficient (Wildman–Crippen LogP) is 2.94. The molecule has 1 fully saturated rings. The van der Waals surface area contributed by atoms with Gasteiger partial charge in [-0.05, 0) is 44.9 Å². The number of aryl methyl sites for hydroxylation is 1. The topological polar surface area (TPSA) is 46.1 Å². The molecule has 1 aromatic carbocycles. The molecule has 1 atom stereocenters. The highest BCUT2D eigenvalue weighted by Gasteiger charge is 2.43. The van der Waals surface area contributed by atoms with E-state index in [1.807, 2.05) is 48.2 Å². The van der Waals surface area contributed by atoms with Crippen molar-refractivity contribution in [3.8, 4) is 0 Å². The number of rotatable bonds is 2. The lowest BCUT2D eigenvalue weighted by Crippen LogP contribution is -2.44. The van der Waals surface area contributed by atoms with Crippen LogP contribution in [-0.2, 0) is 5.54 Å². The van der Waals surface area contributed by atoms with Gasteiger partial charge >= 0.3 is 0 Å². The molecule has 0 aliphatic carbocycles. The van der Waals surface area contributed by atoms with Crippen LogP contribution in [0.25, 0.3) is 0 Å². The van der Waals surface area contributed by atoms with Gasteiger partial charge in [0.25, 0.3) is 5.91 Å². The van der Waals surface area contributed by atoms with Crippen molar-refractivity contribution >= 4 is 5.91 Å². The van der Waals surface area contributed by atoms with Gasteiger partial charge in [0.05, 0.1) is 0 Å². The maximum absolute atomic E-state index is 12.8. The normalized spacial score (nSPS) is 21.5. The second kappa shape index (κ2) is 5.28. The van der Waals surface area contributed by atoms with E-state index >= 15 is 0 Å². The van der Waals surface area contributed by atoms with Gasteiger partial charge in [-0.1, -0.05) is 18.2 Å². The minimum atomic E-state index is -0.418. The average Bonchev–Trinajstić information content (AvgIpc) is 2.91. The van der Waals surface area contributed by atoms with Crippen LogP contribution in [-0.4, -0.2) is 27.3 Å². The first kappa shape index (κ1) is 13.7. The lowest BCUT2D eigenvalue weighted by molar-refractivity contribution is 0.0603. The molecule has 3 rings (SSSR count). The monoisotopic (exact) mass is 281 g/mol. The Balaban J connectivity index is 1.97. The molecule has 0 N–H and O–H groups in total. The van der Waals surface area contributed by atoms with Crippen LogP contribution in [0.4, 0.5) is 0 Å². The van der Waals surface area contributed by atoms with Crippen LogP contribution in [0.1, 0.15) is 41.6 Å². The van der Waals surface area contributed by atoms with Gasteiger partial charge in [0.2, 0.25) is 0 Å². The van der Waals surface area contributed by atoms with Crippen LogP contribution < -0.4 is 0 Å². The number of carbonyl (C=O) groups is 1. The summed E-state index contributed by atoms with van der Waals surface area (Å²) in [5.74, 6) is 0.796. The van der Waals surface area contributed by atoms with Gasteiger partial charge in [0.1, 0.15) is 5.54 Å². The standard InChI is InChI=1S/C17H19N3O/c1-13-9-11-18-16(19-13)17(2)10-6-12-20(17)15(21)14-7-4-3-5-8-14/h3-5,7-9,11H,6,10,12H2,1-2H3/t17-/m1/s1. The Labute approximate surface area is 124 Å². The molecule has 0 bridgehead atoms. The largest absolute Gasteiger partial charge is 0.326 e. The molecule has 2 heterocycles.